The van der Waals surface area contributed by atoms with Crippen molar-refractivity contribution in [1.82, 2.24) is 20.0 Å². The molecule has 0 aromatic carbocycles. The van der Waals surface area contributed by atoms with Gasteiger partial charge in [-0.05, 0) is 50.8 Å². The Hall–Kier alpha value is -1.99. The van der Waals surface area contributed by atoms with Crippen molar-refractivity contribution in [3.8, 4) is 0 Å². The first-order valence-electron chi connectivity index (χ1n) is 9.35. The third kappa shape index (κ3) is 3.59. The van der Waals surface area contributed by atoms with E-state index in [-0.39, 0.29) is 0 Å². The highest BCUT2D eigenvalue weighted by molar-refractivity contribution is 5.35. The summed E-state index contributed by atoms with van der Waals surface area (Å²) in [5.74, 6) is 1.71. The molecule has 1 atom stereocenters. The van der Waals surface area contributed by atoms with Crippen LogP contribution in [0.4, 0.5) is 5.95 Å². The molecule has 2 aliphatic rings. The lowest BCUT2D eigenvalue weighted by Gasteiger charge is -2.39. The van der Waals surface area contributed by atoms with E-state index < -0.39 is 0 Å². The van der Waals surface area contributed by atoms with Gasteiger partial charge in [-0.15, -0.1) is 0 Å². The minimum atomic E-state index is 0.332. The van der Waals surface area contributed by atoms with Gasteiger partial charge in [-0.25, -0.2) is 9.97 Å². The zero-order valence-electron chi connectivity index (χ0n) is 15.6. The van der Waals surface area contributed by atoms with Crippen LogP contribution >= 0.6 is 0 Å². The van der Waals surface area contributed by atoms with E-state index >= 15 is 0 Å². The number of hydrogen-bond acceptors (Lipinski definition) is 7. The maximum atomic E-state index is 5.49. The summed E-state index contributed by atoms with van der Waals surface area (Å²) in [4.78, 5) is 13.8. The molecular weight excluding hydrogens is 330 g/mol. The predicted octanol–water partition coefficient (Wildman–Crippen LogP) is 2.28. The van der Waals surface area contributed by atoms with Crippen LogP contribution < -0.4 is 4.90 Å². The van der Waals surface area contributed by atoms with E-state index in [9.17, 15) is 0 Å². The lowest BCUT2D eigenvalue weighted by Crippen LogP contribution is -2.41. The molecule has 4 rings (SSSR count). The first kappa shape index (κ1) is 17.4. The summed E-state index contributed by atoms with van der Waals surface area (Å²) in [5, 5.41) is 4.13. The normalized spacial score (nSPS) is 23.0. The van der Waals surface area contributed by atoms with E-state index in [0.29, 0.717) is 11.5 Å². The Bertz CT molecular complexity index is 712. The lowest BCUT2D eigenvalue weighted by molar-refractivity contribution is 0.104. The standard InChI is InChI=1S/C19H27N5O2/c1-15-10-16(22-26-15)12-23-8-4-19(5-9-23)11-17(13-25-2)24(14-19)18-20-6-3-7-21-18/h3,6-7,10,17H,4-5,8-9,11-14H2,1-2H3/t17-/m1/s1. The second-order valence-corrected chi connectivity index (χ2v) is 7.70. The third-order valence-electron chi connectivity index (χ3n) is 5.76. The minimum absolute atomic E-state index is 0.332. The average Bonchev–Trinajstić information content (AvgIpc) is 3.22. The zero-order chi connectivity index (χ0) is 18.0. The first-order chi connectivity index (χ1) is 12.7. The van der Waals surface area contributed by atoms with Crippen LogP contribution in [-0.4, -0.2) is 59.4 Å². The summed E-state index contributed by atoms with van der Waals surface area (Å²) in [6.07, 6.45) is 7.16. The van der Waals surface area contributed by atoms with E-state index in [1.165, 1.54) is 12.8 Å². The quantitative estimate of drug-likeness (QED) is 0.813. The van der Waals surface area contributed by atoms with Crippen molar-refractivity contribution in [3.63, 3.8) is 0 Å². The van der Waals surface area contributed by atoms with Gasteiger partial charge in [0.15, 0.2) is 0 Å². The molecule has 0 saturated carbocycles. The number of piperidine rings is 1. The van der Waals surface area contributed by atoms with Crippen molar-refractivity contribution >= 4 is 5.95 Å². The lowest BCUT2D eigenvalue weighted by atomic mass is 9.76. The van der Waals surface area contributed by atoms with Gasteiger partial charge in [0.2, 0.25) is 5.95 Å². The van der Waals surface area contributed by atoms with Gasteiger partial charge in [-0.2, -0.15) is 0 Å². The molecule has 0 bridgehead atoms. The van der Waals surface area contributed by atoms with Crippen molar-refractivity contribution in [2.24, 2.45) is 5.41 Å². The van der Waals surface area contributed by atoms with Crippen LogP contribution in [0, 0.1) is 12.3 Å². The highest BCUT2D eigenvalue weighted by atomic mass is 16.5. The number of nitrogens with zero attached hydrogens (tertiary/aromatic N) is 5. The molecule has 2 aliphatic heterocycles. The van der Waals surface area contributed by atoms with Crippen LogP contribution in [0.5, 0.6) is 0 Å². The van der Waals surface area contributed by atoms with Gasteiger partial charge in [0.05, 0.1) is 18.3 Å². The van der Waals surface area contributed by atoms with Crippen molar-refractivity contribution in [1.29, 1.82) is 0 Å². The Morgan fingerprint density at radius 1 is 1.27 bits per heavy atom. The van der Waals surface area contributed by atoms with Crippen molar-refractivity contribution in [2.75, 3.05) is 38.3 Å². The number of anilines is 1. The van der Waals surface area contributed by atoms with Gasteiger partial charge in [0.1, 0.15) is 5.76 Å². The molecule has 0 unspecified atom stereocenters. The van der Waals surface area contributed by atoms with Gasteiger partial charge in [0.25, 0.3) is 0 Å². The third-order valence-corrected chi connectivity index (χ3v) is 5.76. The Labute approximate surface area is 154 Å². The molecule has 2 aromatic heterocycles. The van der Waals surface area contributed by atoms with Crippen molar-refractivity contribution in [2.45, 2.75) is 38.8 Å². The zero-order valence-corrected chi connectivity index (χ0v) is 15.6. The molecular formula is C19H27N5O2. The van der Waals surface area contributed by atoms with Crippen LogP contribution in [-0.2, 0) is 11.3 Å². The van der Waals surface area contributed by atoms with E-state index in [0.717, 1.165) is 56.6 Å². The summed E-state index contributed by atoms with van der Waals surface area (Å²) in [5.41, 5.74) is 1.36. The number of rotatable bonds is 5. The van der Waals surface area contributed by atoms with Gasteiger partial charge in [-0.1, -0.05) is 5.16 Å². The highest BCUT2D eigenvalue weighted by Crippen LogP contribution is 2.44. The minimum Gasteiger partial charge on any atom is -0.383 e. The second kappa shape index (κ2) is 7.32. The highest BCUT2D eigenvalue weighted by Gasteiger charge is 2.46. The summed E-state index contributed by atoms with van der Waals surface area (Å²) in [6.45, 7) is 6.74. The predicted molar refractivity (Wildman–Crippen MR) is 97.8 cm³/mol. The smallest absolute Gasteiger partial charge is 0.225 e. The van der Waals surface area contributed by atoms with Crippen LogP contribution in [0.25, 0.3) is 0 Å². The summed E-state index contributed by atoms with van der Waals surface area (Å²) < 4.78 is 10.7. The Balaban J connectivity index is 1.41. The topological polar surface area (TPSA) is 67.5 Å². The summed E-state index contributed by atoms with van der Waals surface area (Å²) >= 11 is 0. The molecule has 0 aliphatic carbocycles. The van der Waals surface area contributed by atoms with Gasteiger partial charge >= 0.3 is 0 Å². The monoisotopic (exact) mass is 357 g/mol. The van der Waals surface area contributed by atoms with Crippen LogP contribution in [0.15, 0.2) is 29.0 Å². The van der Waals surface area contributed by atoms with Crippen LogP contribution in [0.2, 0.25) is 0 Å². The Kier molecular flexibility index (Phi) is 4.91. The SMILES string of the molecule is COC[C@H]1CC2(CCN(Cc3cc(C)on3)CC2)CN1c1ncccn1. The maximum absolute atomic E-state index is 5.49. The first-order valence-corrected chi connectivity index (χ1v) is 9.35. The van der Waals surface area contributed by atoms with E-state index in [4.69, 9.17) is 9.26 Å². The fourth-order valence-corrected chi connectivity index (χ4v) is 4.45. The molecule has 2 fully saturated rings. The van der Waals surface area contributed by atoms with Crippen molar-refractivity contribution in [3.05, 3.63) is 36.0 Å². The second-order valence-electron chi connectivity index (χ2n) is 7.70. The molecule has 7 nitrogen and oxygen atoms in total. The maximum Gasteiger partial charge on any atom is 0.225 e. The molecule has 7 heteroatoms. The fraction of sp³-hybridized carbons (Fsp3) is 0.632. The van der Waals surface area contributed by atoms with Crippen LogP contribution in [0.3, 0.4) is 0 Å². The average molecular weight is 357 g/mol. The molecule has 1 spiro atoms. The number of methoxy groups -OCH3 is 1. The summed E-state index contributed by atoms with van der Waals surface area (Å²) in [6, 6.07) is 4.25. The summed E-state index contributed by atoms with van der Waals surface area (Å²) in [7, 11) is 1.78. The van der Waals surface area contributed by atoms with E-state index in [1.54, 1.807) is 7.11 Å². The molecule has 140 valence electrons. The van der Waals surface area contributed by atoms with Gasteiger partial charge in [-0.3, -0.25) is 4.90 Å². The van der Waals surface area contributed by atoms with Gasteiger partial charge in [0, 0.05) is 38.7 Å². The molecule has 26 heavy (non-hydrogen) atoms. The molecule has 0 amide bonds. The number of ether oxygens (including phenoxy) is 1. The molecule has 0 N–H and O–H groups in total. The van der Waals surface area contributed by atoms with E-state index in [1.807, 2.05) is 31.5 Å². The number of likely N-dealkylation sites (tertiary alicyclic amines) is 1. The number of aryl methyl sites for hydroxylation is 1. The number of hydrogen-bond donors (Lipinski definition) is 0. The van der Waals surface area contributed by atoms with Gasteiger partial charge < -0.3 is 14.2 Å². The van der Waals surface area contributed by atoms with Crippen LogP contribution in [0.1, 0.15) is 30.7 Å². The number of aromatic nitrogens is 3. The van der Waals surface area contributed by atoms with Crippen molar-refractivity contribution < 1.29 is 9.26 Å². The molecule has 4 heterocycles. The molecule has 2 saturated heterocycles. The van der Waals surface area contributed by atoms with E-state index in [2.05, 4.69) is 24.9 Å². The largest absolute Gasteiger partial charge is 0.383 e. The Morgan fingerprint density at radius 3 is 2.69 bits per heavy atom. The molecule has 0 radical (unpaired) electrons. The molecule has 2 aromatic rings. The fourth-order valence-electron chi connectivity index (χ4n) is 4.45. The Morgan fingerprint density at radius 2 is 2.04 bits per heavy atom.